The average Bonchev–Trinajstić information content (AvgIpc) is 3.25. The first kappa shape index (κ1) is 14.5. The number of ether oxygens (including phenoxy) is 1. The van der Waals surface area contributed by atoms with E-state index in [1.807, 2.05) is 13.0 Å². The van der Waals surface area contributed by atoms with E-state index in [1.54, 1.807) is 25.1 Å². The van der Waals surface area contributed by atoms with E-state index in [9.17, 15) is 0 Å². The van der Waals surface area contributed by atoms with Gasteiger partial charge < -0.3 is 14.5 Å². The quantitative estimate of drug-likeness (QED) is 0.780. The molecule has 2 aromatic rings. The maximum absolute atomic E-state index is 5.48. The van der Waals surface area contributed by atoms with Crippen molar-refractivity contribution >= 4 is 11.8 Å². The third-order valence-electron chi connectivity index (χ3n) is 3.71. The van der Waals surface area contributed by atoms with Crippen molar-refractivity contribution in [3.8, 4) is 5.75 Å². The summed E-state index contributed by atoms with van der Waals surface area (Å²) in [7, 11) is 1.73. The minimum Gasteiger partial charge on any atom is -0.496 e. The summed E-state index contributed by atoms with van der Waals surface area (Å²) in [5.41, 5.74) is 2.56. The second-order valence-corrected chi connectivity index (χ2v) is 6.45. The lowest BCUT2D eigenvalue weighted by molar-refractivity contribution is 0.411. The SMILES string of the molecule is COc1ccc(CNC2CC2)cc1CSc1ccoc1C. The summed E-state index contributed by atoms with van der Waals surface area (Å²) in [5.74, 6) is 2.82. The Morgan fingerprint density at radius 2 is 2.19 bits per heavy atom. The Bertz CT molecular complexity index is 605. The monoisotopic (exact) mass is 303 g/mol. The Morgan fingerprint density at radius 1 is 1.33 bits per heavy atom. The van der Waals surface area contributed by atoms with Crippen LogP contribution in [0.5, 0.6) is 5.75 Å². The van der Waals surface area contributed by atoms with Crippen molar-refractivity contribution in [2.45, 2.75) is 43.0 Å². The van der Waals surface area contributed by atoms with Gasteiger partial charge in [-0.15, -0.1) is 11.8 Å². The van der Waals surface area contributed by atoms with Crippen molar-refractivity contribution in [2.75, 3.05) is 7.11 Å². The van der Waals surface area contributed by atoms with Crippen LogP contribution in [0.25, 0.3) is 0 Å². The fourth-order valence-electron chi connectivity index (χ4n) is 2.28. The average molecular weight is 303 g/mol. The van der Waals surface area contributed by atoms with Crippen LogP contribution in [0.1, 0.15) is 29.7 Å². The van der Waals surface area contributed by atoms with Gasteiger partial charge in [0.15, 0.2) is 0 Å². The molecule has 1 aromatic heterocycles. The minimum absolute atomic E-state index is 0.735. The molecule has 1 fully saturated rings. The van der Waals surface area contributed by atoms with Crippen LogP contribution in [0.15, 0.2) is 39.8 Å². The summed E-state index contributed by atoms with van der Waals surface area (Å²) in [6, 6.07) is 9.22. The van der Waals surface area contributed by atoms with Gasteiger partial charge in [-0.1, -0.05) is 6.07 Å². The van der Waals surface area contributed by atoms with E-state index in [1.165, 1.54) is 28.9 Å². The van der Waals surface area contributed by atoms with Gasteiger partial charge in [-0.05, 0) is 43.5 Å². The number of furan rings is 1. The van der Waals surface area contributed by atoms with Crippen molar-refractivity contribution in [1.29, 1.82) is 0 Å². The van der Waals surface area contributed by atoms with Crippen LogP contribution in [0, 0.1) is 6.92 Å². The van der Waals surface area contributed by atoms with Crippen LogP contribution in [0.2, 0.25) is 0 Å². The molecule has 0 aliphatic heterocycles. The molecular formula is C17H21NO2S. The molecule has 1 aromatic carbocycles. The molecule has 1 saturated carbocycles. The lowest BCUT2D eigenvalue weighted by Crippen LogP contribution is -2.15. The number of hydrogen-bond acceptors (Lipinski definition) is 4. The standard InChI is InChI=1S/C17H21NO2S/c1-12-17(7-8-20-12)21-11-14-9-13(3-6-16(14)19-2)10-18-15-4-5-15/h3,6-9,15,18H,4-5,10-11H2,1-2H3. The van der Waals surface area contributed by atoms with Crippen molar-refractivity contribution in [3.63, 3.8) is 0 Å². The number of thioether (sulfide) groups is 1. The molecule has 0 radical (unpaired) electrons. The van der Waals surface area contributed by atoms with Crippen LogP contribution in [-0.4, -0.2) is 13.2 Å². The predicted molar refractivity (Wildman–Crippen MR) is 85.9 cm³/mol. The molecule has 3 rings (SSSR count). The summed E-state index contributed by atoms with van der Waals surface area (Å²) in [4.78, 5) is 1.19. The number of methoxy groups -OCH3 is 1. The molecule has 0 bridgehead atoms. The second-order valence-electron chi connectivity index (χ2n) is 5.43. The van der Waals surface area contributed by atoms with Crippen LogP contribution in [0.4, 0.5) is 0 Å². The normalized spacial score (nSPS) is 14.4. The molecule has 4 heteroatoms. The fourth-order valence-corrected chi connectivity index (χ4v) is 3.22. The maximum atomic E-state index is 5.48. The van der Waals surface area contributed by atoms with Gasteiger partial charge in [0.05, 0.1) is 13.4 Å². The summed E-state index contributed by atoms with van der Waals surface area (Å²) in [6.45, 7) is 2.94. The zero-order chi connectivity index (χ0) is 14.7. The molecule has 0 amide bonds. The number of benzene rings is 1. The van der Waals surface area contributed by atoms with Crippen LogP contribution in [-0.2, 0) is 12.3 Å². The molecule has 21 heavy (non-hydrogen) atoms. The molecule has 1 aliphatic rings. The lowest BCUT2D eigenvalue weighted by Gasteiger charge is -2.11. The van der Waals surface area contributed by atoms with Gasteiger partial charge in [0.25, 0.3) is 0 Å². The van der Waals surface area contributed by atoms with Gasteiger partial charge in [0.1, 0.15) is 11.5 Å². The van der Waals surface area contributed by atoms with Crippen LogP contribution < -0.4 is 10.1 Å². The minimum atomic E-state index is 0.735. The van der Waals surface area contributed by atoms with E-state index >= 15 is 0 Å². The third kappa shape index (κ3) is 3.83. The van der Waals surface area contributed by atoms with E-state index < -0.39 is 0 Å². The van der Waals surface area contributed by atoms with Gasteiger partial charge in [0.2, 0.25) is 0 Å². The Morgan fingerprint density at radius 3 is 2.86 bits per heavy atom. The lowest BCUT2D eigenvalue weighted by atomic mass is 10.1. The van der Waals surface area contributed by atoms with Crippen LogP contribution >= 0.6 is 11.8 Å². The Balaban J connectivity index is 1.68. The molecule has 3 nitrogen and oxygen atoms in total. The highest BCUT2D eigenvalue weighted by Crippen LogP contribution is 2.31. The van der Waals surface area contributed by atoms with E-state index in [0.29, 0.717) is 0 Å². The van der Waals surface area contributed by atoms with Gasteiger partial charge >= 0.3 is 0 Å². The molecule has 1 heterocycles. The van der Waals surface area contributed by atoms with Gasteiger partial charge in [-0.25, -0.2) is 0 Å². The summed E-state index contributed by atoms with van der Waals surface area (Å²) in [6.07, 6.45) is 4.38. The summed E-state index contributed by atoms with van der Waals surface area (Å²) >= 11 is 1.79. The molecule has 0 atom stereocenters. The molecule has 1 aliphatic carbocycles. The first-order chi connectivity index (χ1) is 10.3. The number of aryl methyl sites for hydroxylation is 1. The highest BCUT2D eigenvalue weighted by molar-refractivity contribution is 7.98. The van der Waals surface area contributed by atoms with E-state index in [4.69, 9.17) is 9.15 Å². The number of rotatable bonds is 7. The number of nitrogens with one attached hydrogen (secondary N) is 1. The summed E-state index contributed by atoms with van der Waals surface area (Å²) in [5, 5.41) is 3.55. The van der Waals surface area contributed by atoms with Crippen molar-refractivity contribution in [2.24, 2.45) is 0 Å². The van der Waals surface area contributed by atoms with Gasteiger partial charge in [-0.2, -0.15) is 0 Å². The van der Waals surface area contributed by atoms with Crippen LogP contribution in [0.3, 0.4) is 0 Å². The zero-order valence-corrected chi connectivity index (χ0v) is 13.3. The van der Waals surface area contributed by atoms with Crippen molar-refractivity contribution < 1.29 is 9.15 Å². The Hall–Kier alpha value is -1.39. The Kier molecular flexibility index (Phi) is 4.56. The maximum Gasteiger partial charge on any atom is 0.122 e. The highest BCUT2D eigenvalue weighted by atomic mass is 32.2. The molecule has 0 saturated heterocycles. The predicted octanol–water partition coefficient (Wildman–Crippen LogP) is 4.14. The molecule has 1 N–H and O–H groups in total. The fraction of sp³-hybridized carbons (Fsp3) is 0.412. The third-order valence-corrected chi connectivity index (χ3v) is 4.90. The molecule has 0 spiro atoms. The summed E-state index contributed by atoms with van der Waals surface area (Å²) < 4.78 is 10.8. The highest BCUT2D eigenvalue weighted by Gasteiger charge is 2.20. The molecule has 112 valence electrons. The molecular weight excluding hydrogens is 282 g/mol. The second kappa shape index (κ2) is 6.58. The van der Waals surface area contributed by atoms with Crippen molar-refractivity contribution in [1.82, 2.24) is 5.32 Å². The smallest absolute Gasteiger partial charge is 0.122 e. The largest absolute Gasteiger partial charge is 0.496 e. The van der Waals surface area contributed by atoms with E-state index in [0.717, 1.165) is 29.8 Å². The van der Waals surface area contributed by atoms with Gasteiger partial charge in [-0.3, -0.25) is 0 Å². The first-order valence-corrected chi connectivity index (χ1v) is 8.31. The van der Waals surface area contributed by atoms with Crippen molar-refractivity contribution in [3.05, 3.63) is 47.4 Å². The van der Waals surface area contributed by atoms with Gasteiger partial charge in [0, 0.05) is 28.8 Å². The first-order valence-electron chi connectivity index (χ1n) is 7.32. The Labute approximate surface area is 130 Å². The van der Waals surface area contributed by atoms with E-state index in [2.05, 4.69) is 23.5 Å². The topological polar surface area (TPSA) is 34.4 Å². The van der Waals surface area contributed by atoms with E-state index in [-0.39, 0.29) is 0 Å². The number of hydrogen-bond donors (Lipinski definition) is 1. The zero-order valence-electron chi connectivity index (χ0n) is 12.5. The molecule has 0 unspecified atom stereocenters.